The number of fused-ring (bicyclic) bond motifs is 1. The van der Waals surface area contributed by atoms with Gasteiger partial charge in [-0.1, -0.05) is 30.3 Å². The van der Waals surface area contributed by atoms with E-state index in [1.54, 1.807) is 15.9 Å². The Morgan fingerprint density at radius 3 is 1.53 bits per heavy atom. The van der Waals surface area contributed by atoms with Gasteiger partial charge < -0.3 is 28.7 Å². The molecule has 4 unspecified atom stereocenters. The number of nitrogens with zero attached hydrogens (tertiary/aromatic N) is 2. The summed E-state index contributed by atoms with van der Waals surface area (Å²) in [6, 6.07) is 11.4. The Balaban J connectivity index is 1.40. The fourth-order valence-corrected chi connectivity index (χ4v) is 4.88. The number of carbonyl (C=O) groups excluding carboxylic acids is 2. The Morgan fingerprint density at radius 2 is 1.08 bits per heavy atom. The Labute approximate surface area is 211 Å². The Morgan fingerprint density at radius 1 is 0.667 bits per heavy atom. The van der Waals surface area contributed by atoms with Gasteiger partial charge in [0.15, 0.2) is 0 Å². The average molecular weight is 495 g/mol. The highest BCUT2D eigenvalue weighted by atomic mass is 16.6. The molecule has 8 heteroatoms. The van der Waals surface area contributed by atoms with Gasteiger partial charge in [-0.05, 0) is 44.5 Å². The van der Waals surface area contributed by atoms with Gasteiger partial charge in [-0.25, -0.2) is 0 Å². The summed E-state index contributed by atoms with van der Waals surface area (Å²) >= 11 is 0. The Bertz CT molecular complexity index is 1190. The van der Waals surface area contributed by atoms with Crippen molar-refractivity contribution in [1.82, 2.24) is 9.80 Å². The van der Waals surface area contributed by atoms with Crippen LogP contribution < -0.4 is 0 Å². The second kappa shape index (κ2) is 7.99. The van der Waals surface area contributed by atoms with E-state index in [1.165, 1.54) is 0 Å². The second-order valence-corrected chi connectivity index (χ2v) is 12.0. The lowest BCUT2D eigenvalue weighted by Gasteiger charge is -2.30. The first-order chi connectivity index (χ1) is 17.0. The van der Waals surface area contributed by atoms with Crippen molar-refractivity contribution in [2.75, 3.05) is 52.6 Å². The van der Waals surface area contributed by atoms with E-state index in [0.29, 0.717) is 63.7 Å². The quantitative estimate of drug-likeness (QED) is 0.472. The van der Waals surface area contributed by atoms with Crippen LogP contribution in [0.25, 0.3) is 10.8 Å². The molecule has 0 radical (unpaired) electrons. The first kappa shape index (κ1) is 23.9. The van der Waals surface area contributed by atoms with Crippen LogP contribution in [0.4, 0.5) is 0 Å². The smallest absolute Gasteiger partial charge is 0.255 e. The summed E-state index contributed by atoms with van der Waals surface area (Å²) in [5.41, 5.74) is -0.607. The summed E-state index contributed by atoms with van der Waals surface area (Å²) in [7, 11) is 0. The molecule has 0 aromatic heterocycles. The van der Waals surface area contributed by atoms with Crippen LogP contribution in [-0.4, -0.2) is 96.6 Å². The lowest BCUT2D eigenvalue weighted by molar-refractivity contribution is 0.0630. The Kier molecular flexibility index (Phi) is 5.29. The van der Waals surface area contributed by atoms with Gasteiger partial charge in [0.2, 0.25) is 0 Å². The molecule has 4 aliphatic rings. The molecular formula is C28H34N2O6. The van der Waals surface area contributed by atoms with Crippen molar-refractivity contribution in [3.8, 4) is 0 Å². The predicted octanol–water partition coefficient (Wildman–Crippen LogP) is 2.88. The number of rotatable bonds is 10. The zero-order valence-electron chi connectivity index (χ0n) is 21.5. The highest BCUT2D eigenvalue weighted by molar-refractivity contribution is 6.15. The van der Waals surface area contributed by atoms with Crippen molar-refractivity contribution in [1.29, 1.82) is 0 Å². The van der Waals surface area contributed by atoms with Crippen LogP contribution in [0.15, 0.2) is 36.4 Å². The van der Waals surface area contributed by atoms with E-state index in [1.807, 2.05) is 58.0 Å². The minimum Gasteiger partial charge on any atom is -0.368 e. The summed E-state index contributed by atoms with van der Waals surface area (Å²) in [5, 5.41) is 1.69. The van der Waals surface area contributed by atoms with Crippen LogP contribution in [0, 0.1) is 0 Å². The van der Waals surface area contributed by atoms with E-state index in [-0.39, 0.29) is 34.2 Å². The van der Waals surface area contributed by atoms with Crippen LogP contribution in [0.2, 0.25) is 0 Å². The largest absolute Gasteiger partial charge is 0.368 e. The van der Waals surface area contributed by atoms with E-state index in [2.05, 4.69) is 0 Å². The summed E-state index contributed by atoms with van der Waals surface area (Å²) in [6.07, 6.45) is 0. The van der Waals surface area contributed by atoms with Crippen LogP contribution >= 0.6 is 0 Å². The number of ether oxygens (including phenoxy) is 4. The summed E-state index contributed by atoms with van der Waals surface area (Å²) in [5.74, 6) is -0.355. The third kappa shape index (κ3) is 4.87. The third-order valence-electron chi connectivity index (χ3n) is 7.60. The molecule has 4 heterocycles. The van der Waals surface area contributed by atoms with Crippen molar-refractivity contribution < 1.29 is 28.5 Å². The molecule has 2 amide bonds. The molecule has 192 valence electrons. The van der Waals surface area contributed by atoms with E-state index >= 15 is 0 Å². The maximum absolute atomic E-state index is 14.3. The van der Waals surface area contributed by atoms with Gasteiger partial charge in [0.25, 0.3) is 11.8 Å². The van der Waals surface area contributed by atoms with Crippen molar-refractivity contribution in [3.63, 3.8) is 0 Å². The first-order valence-corrected chi connectivity index (χ1v) is 12.7. The molecule has 0 N–H and O–H groups in total. The predicted molar refractivity (Wildman–Crippen MR) is 133 cm³/mol. The molecule has 6 rings (SSSR count). The molecule has 0 saturated carbocycles. The SMILES string of the molecule is CC1(CN(CC2(C)CO2)C(=O)c2ccc3ccccc3c2C(=O)N(CC2(C)CO2)CC2(C)CO2)CO1. The molecule has 2 aromatic rings. The lowest BCUT2D eigenvalue weighted by atomic mass is 9.95. The fraction of sp³-hybridized carbons (Fsp3) is 0.571. The molecule has 36 heavy (non-hydrogen) atoms. The molecular weight excluding hydrogens is 460 g/mol. The topological polar surface area (TPSA) is 90.7 Å². The zero-order chi connectivity index (χ0) is 25.3. The molecule has 2 aromatic carbocycles. The van der Waals surface area contributed by atoms with Gasteiger partial charge in [-0.3, -0.25) is 9.59 Å². The lowest BCUT2D eigenvalue weighted by Crippen LogP contribution is -2.45. The monoisotopic (exact) mass is 494 g/mol. The van der Waals surface area contributed by atoms with Gasteiger partial charge >= 0.3 is 0 Å². The number of epoxide rings is 4. The number of hydrogen-bond donors (Lipinski definition) is 0. The molecule has 0 bridgehead atoms. The Hall–Kier alpha value is -2.52. The minimum atomic E-state index is -0.364. The maximum Gasteiger partial charge on any atom is 0.255 e. The second-order valence-electron chi connectivity index (χ2n) is 12.0. The standard InChI is InChI=1S/C28H34N2O6/c1-25(15-33-25)11-29(12-26(2)16-34-26)23(31)21-10-9-19-7-5-6-8-20(19)22(21)24(32)30(13-27(3)17-35-27)14-28(4)18-36-28/h5-10H,11-18H2,1-4H3. The highest BCUT2D eigenvalue weighted by Gasteiger charge is 2.49. The zero-order valence-corrected chi connectivity index (χ0v) is 21.5. The van der Waals surface area contributed by atoms with Crippen LogP contribution in [0.5, 0.6) is 0 Å². The van der Waals surface area contributed by atoms with Crippen LogP contribution in [0.1, 0.15) is 48.4 Å². The van der Waals surface area contributed by atoms with E-state index in [4.69, 9.17) is 18.9 Å². The molecule has 4 saturated heterocycles. The molecule has 4 aliphatic heterocycles. The first-order valence-electron chi connectivity index (χ1n) is 12.7. The summed E-state index contributed by atoms with van der Waals surface area (Å²) in [6.45, 7) is 12.3. The van der Waals surface area contributed by atoms with E-state index in [9.17, 15) is 9.59 Å². The van der Waals surface area contributed by atoms with Gasteiger partial charge in [-0.15, -0.1) is 0 Å². The summed E-state index contributed by atoms with van der Waals surface area (Å²) < 4.78 is 22.5. The third-order valence-corrected chi connectivity index (χ3v) is 7.60. The molecule has 4 fully saturated rings. The fourth-order valence-electron chi connectivity index (χ4n) is 4.88. The van der Waals surface area contributed by atoms with Gasteiger partial charge in [0.1, 0.15) is 22.4 Å². The maximum atomic E-state index is 14.3. The van der Waals surface area contributed by atoms with E-state index < -0.39 is 0 Å². The van der Waals surface area contributed by atoms with Crippen molar-refractivity contribution in [2.45, 2.75) is 50.1 Å². The van der Waals surface area contributed by atoms with Crippen molar-refractivity contribution in [2.24, 2.45) is 0 Å². The normalized spacial score (nSPS) is 33.8. The molecule has 0 spiro atoms. The van der Waals surface area contributed by atoms with E-state index in [0.717, 1.165) is 10.8 Å². The van der Waals surface area contributed by atoms with Gasteiger partial charge in [0.05, 0.1) is 63.7 Å². The van der Waals surface area contributed by atoms with Crippen LogP contribution in [-0.2, 0) is 18.9 Å². The number of carbonyl (C=O) groups is 2. The summed E-state index contributed by atoms with van der Waals surface area (Å²) in [4.78, 5) is 32.0. The minimum absolute atomic E-state index is 0.175. The highest BCUT2D eigenvalue weighted by Crippen LogP contribution is 2.36. The average Bonchev–Trinajstić information content (AvgIpc) is 3.69. The number of hydrogen-bond acceptors (Lipinski definition) is 6. The number of benzene rings is 2. The number of amides is 2. The van der Waals surface area contributed by atoms with Crippen LogP contribution in [0.3, 0.4) is 0 Å². The molecule has 0 aliphatic carbocycles. The van der Waals surface area contributed by atoms with Gasteiger partial charge in [-0.2, -0.15) is 0 Å². The van der Waals surface area contributed by atoms with Gasteiger partial charge in [0, 0.05) is 0 Å². The van der Waals surface area contributed by atoms with Crippen molar-refractivity contribution >= 4 is 22.6 Å². The molecule has 4 atom stereocenters. The van der Waals surface area contributed by atoms with Crippen molar-refractivity contribution in [3.05, 3.63) is 47.5 Å². The molecule has 8 nitrogen and oxygen atoms in total.